The van der Waals surface area contributed by atoms with Gasteiger partial charge in [-0.15, -0.1) is 21.8 Å². The largest absolute Gasteiger partial charge is 0.367 e. The summed E-state index contributed by atoms with van der Waals surface area (Å²) in [4.78, 5) is 4.24. The molecule has 5 nitrogen and oxygen atoms in total. The molecule has 1 N–H and O–H groups in total. The Balaban J connectivity index is 2.17. The first kappa shape index (κ1) is 11.1. The van der Waals surface area contributed by atoms with Crippen LogP contribution < -0.4 is 5.32 Å². The number of rotatable bonds is 4. The Morgan fingerprint density at radius 1 is 1.50 bits per heavy atom. The lowest BCUT2D eigenvalue weighted by molar-refractivity contribution is 0.838. The van der Waals surface area contributed by atoms with Crippen molar-refractivity contribution in [2.45, 2.75) is 25.6 Å². The fraction of sp³-hybridized carbons (Fsp3) is 0.500. The van der Waals surface area contributed by atoms with Crippen LogP contribution in [0.5, 0.6) is 0 Å². The van der Waals surface area contributed by atoms with Gasteiger partial charge in [-0.3, -0.25) is 4.40 Å². The fourth-order valence-corrected chi connectivity index (χ4v) is 1.56. The maximum atomic E-state index is 5.87. The van der Waals surface area contributed by atoms with Crippen LogP contribution in [-0.2, 0) is 0 Å². The van der Waals surface area contributed by atoms with Gasteiger partial charge in [0.1, 0.15) is 5.82 Å². The first-order valence-corrected chi connectivity index (χ1v) is 5.66. The number of nitrogens with one attached hydrogen (secondary N) is 1. The molecule has 0 aliphatic heterocycles. The zero-order chi connectivity index (χ0) is 11.5. The van der Waals surface area contributed by atoms with Gasteiger partial charge in [-0.2, -0.15) is 0 Å². The van der Waals surface area contributed by atoms with Crippen molar-refractivity contribution in [3.63, 3.8) is 0 Å². The molecule has 0 aliphatic carbocycles. The molecule has 0 saturated carbocycles. The molecular formula is C10H14ClN5. The molecule has 16 heavy (non-hydrogen) atoms. The van der Waals surface area contributed by atoms with Crippen molar-refractivity contribution in [3.05, 3.63) is 18.2 Å². The van der Waals surface area contributed by atoms with Gasteiger partial charge in [0.25, 0.3) is 0 Å². The first-order valence-electron chi connectivity index (χ1n) is 5.23. The van der Waals surface area contributed by atoms with E-state index in [1.54, 1.807) is 6.20 Å². The molecule has 0 radical (unpaired) electrons. The summed E-state index contributed by atoms with van der Waals surface area (Å²) in [5.41, 5.74) is 0.752. The molecule has 0 bridgehead atoms. The number of fused-ring (bicyclic) bond motifs is 1. The molecule has 0 aromatic carbocycles. The van der Waals surface area contributed by atoms with E-state index in [0.717, 1.165) is 30.3 Å². The summed E-state index contributed by atoms with van der Waals surface area (Å²) in [5.74, 6) is 1.60. The molecule has 0 fully saturated rings. The summed E-state index contributed by atoms with van der Waals surface area (Å²) < 4.78 is 1.90. The van der Waals surface area contributed by atoms with E-state index in [1.165, 1.54) is 0 Å². The Morgan fingerprint density at radius 2 is 2.31 bits per heavy atom. The van der Waals surface area contributed by atoms with E-state index in [1.807, 2.05) is 24.4 Å². The Kier molecular flexibility index (Phi) is 3.24. The number of halogens is 1. The highest BCUT2D eigenvalue weighted by molar-refractivity contribution is 6.20. The maximum absolute atomic E-state index is 5.87. The number of aromatic nitrogens is 4. The van der Waals surface area contributed by atoms with Gasteiger partial charge < -0.3 is 5.32 Å². The third-order valence-electron chi connectivity index (χ3n) is 2.33. The zero-order valence-electron chi connectivity index (χ0n) is 9.31. The van der Waals surface area contributed by atoms with Gasteiger partial charge in [0.15, 0.2) is 5.82 Å². The van der Waals surface area contributed by atoms with Crippen LogP contribution >= 0.6 is 11.6 Å². The van der Waals surface area contributed by atoms with Crippen LogP contribution in [0.1, 0.15) is 19.2 Å². The summed E-state index contributed by atoms with van der Waals surface area (Å²) in [6.07, 6.45) is 4.47. The molecule has 2 aromatic rings. The topological polar surface area (TPSA) is 55.1 Å². The number of hydrogen-bond donors (Lipinski definition) is 1. The smallest absolute Gasteiger partial charge is 0.203 e. The molecule has 1 atom stereocenters. The van der Waals surface area contributed by atoms with Crippen LogP contribution in [0, 0.1) is 6.92 Å². The molecule has 2 aromatic heterocycles. The molecule has 2 heterocycles. The summed E-state index contributed by atoms with van der Waals surface area (Å²) >= 11 is 5.87. The number of hydrogen-bond acceptors (Lipinski definition) is 4. The van der Waals surface area contributed by atoms with Crippen molar-refractivity contribution < 1.29 is 0 Å². The van der Waals surface area contributed by atoms with Gasteiger partial charge in [-0.25, -0.2) is 4.98 Å². The van der Waals surface area contributed by atoms with E-state index in [-0.39, 0.29) is 5.38 Å². The minimum absolute atomic E-state index is 0.159. The normalized spacial score (nSPS) is 12.9. The minimum atomic E-state index is 0.159. The van der Waals surface area contributed by atoms with Crippen LogP contribution in [0.2, 0.25) is 0 Å². The van der Waals surface area contributed by atoms with Gasteiger partial charge in [-0.05, 0) is 20.3 Å². The summed E-state index contributed by atoms with van der Waals surface area (Å²) in [5, 5.41) is 11.4. The van der Waals surface area contributed by atoms with Gasteiger partial charge in [0.2, 0.25) is 5.65 Å². The monoisotopic (exact) mass is 239 g/mol. The van der Waals surface area contributed by atoms with E-state index < -0.39 is 0 Å². The molecule has 6 heteroatoms. The Bertz CT molecular complexity index is 479. The van der Waals surface area contributed by atoms with Crippen LogP contribution in [-0.4, -0.2) is 31.5 Å². The number of aryl methyl sites for hydroxylation is 1. The lowest BCUT2D eigenvalue weighted by Gasteiger charge is -2.06. The SMILES string of the molecule is Cc1nnc2c(NCCC(C)Cl)nccn12. The molecule has 0 aliphatic rings. The lowest BCUT2D eigenvalue weighted by atomic mass is 10.3. The average molecular weight is 240 g/mol. The highest BCUT2D eigenvalue weighted by atomic mass is 35.5. The van der Waals surface area contributed by atoms with Gasteiger partial charge in [0.05, 0.1) is 0 Å². The Hall–Kier alpha value is -1.36. The van der Waals surface area contributed by atoms with E-state index in [4.69, 9.17) is 11.6 Å². The lowest BCUT2D eigenvalue weighted by Crippen LogP contribution is -2.08. The maximum Gasteiger partial charge on any atom is 0.203 e. The molecule has 0 saturated heterocycles. The second-order valence-electron chi connectivity index (χ2n) is 3.71. The van der Waals surface area contributed by atoms with Crippen molar-refractivity contribution in [1.82, 2.24) is 19.6 Å². The summed E-state index contributed by atoms with van der Waals surface area (Å²) in [6.45, 7) is 4.66. The van der Waals surface area contributed by atoms with Crippen LogP contribution in [0.4, 0.5) is 5.82 Å². The van der Waals surface area contributed by atoms with Crippen molar-refractivity contribution in [2.24, 2.45) is 0 Å². The predicted octanol–water partition coefficient (Wildman–Crippen LogP) is 1.86. The molecule has 1 unspecified atom stereocenters. The van der Waals surface area contributed by atoms with E-state index in [2.05, 4.69) is 20.5 Å². The van der Waals surface area contributed by atoms with Crippen molar-refractivity contribution in [1.29, 1.82) is 0 Å². The molecule has 0 amide bonds. The average Bonchev–Trinajstić information content (AvgIpc) is 2.61. The molecule has 0 spiro atoms. The predicted molar refractivity (Wildman–Crippen MR) is 63.9 cm³/mol. The van der Waals surface area contributed by atoms with E-state index in [0.29, 0.717) is 0 Å². The second kappa shape index (κ2) is 4.65. The second-order valence-corrected chi connectivity index (χ2v) is 4.46. The summed E-state index contributed by atoms with van der Waals surface area (Å²) in [6, 6.07) is 0. The molecule has 86 valence electrons. The van der Waals surface area contributed by atoms with E-state index >= 15 is 0 Å². The molecular weight excluding hydrogens is 226 g/mol. The van der Waals surface area contributed by atoms with Gasteiger partial charge in [-0.1, -0.05) is 0 Å². The highest BCUT2D eigenvalue weighted by Crippen LogP contribution is 2.12. The van der Waals surface area contributed by atoms with Gasteiger partial charge >= 0.3 is 0 Å². The van der Waals surface area contributed by atoms with E-state index in [9.17, 15) is 0 Å². The van der Waals surface area contributed by atoms with Crippen LogP contribution in [0.3, 0.4) is 0 Å². The van der Waals surface area contributed by atoms with Crippen molar-refractivity contribution >= 4 is 23.1 Å². The third-order valence-corrected chi connectivity index (χ3v) is 2.55. The van der Waals surface area contributed by atoms with Crippen molar-refractivity contribution in [2.75, 3.05) is 11.9 Å². The van der Waals surface area contributed by atoms with Gasteiger partial charge in [0, 0.05) is 24.3 Å². The summed E-state index contributed by atoms with van der Waals surface area (Å²) in [7, 11) is 0. The standard InChI is InChI=1S/C10H14ClN5/c1-7(11)3-4-12-9-10-15-14-8(2)16(10)6-5-13-9/h5-7H,3-4H2,1-2H3,(H,12,13). The number of alkyl halides is 1. The van der Waals surface area contributed by atoms with Crippen LogP contribution in [0.15, 0.2) is 12.4 Å². The Morgan fingerprint density at radius 3 is 3.06 bits per heavy atom. The quantitative estimate of drug-likeness (QED) is 0.828. The first-order chi connectivity index (χ1) is 7.68. The number of anilines is 1. The fourth-order valence-electron chi connectivity index (χ4n) is 1.46. The highest BCUT2D eigenvalue weighted by Gasteiger charge is 2.07. The minimum Gasteiger partial charge on any atom is -0.367 e. The molecule has 2 rings (SSSR count). The van der Waals surface area contributed by atoms with Crippen LogP contribution in [0.25, 0.3) is 5.65 Å². The zero-order valence-corrected chi connectivity index (χ0v) is 10.1. The Labute approximate surface area is 98.9 Å². The number of nitrogens with zero attached hydrogens (tertiary/aromatic N) is 4. The third kappa shape index (κ3) is 2.24. The van der Waals surface area contributed by atoms with Crippen molar-refractivity contribution in [3.8, 4) is 0 Å².